The fourth-order valence-electron chi connectivity index (χ4n) is 4.21. The fraction of sp³-hybridized carbons (Fsp3) is 0.724. The van der Waals surface area contributed by atoms with Crippen LogP contribution in [0.4, 0.5) is 0 Å². The van der Waals surface area contributed by atoms with Gasteiger partial charge in [0.15, 0.2) is 5.96 Å². The Bertz CT molecular complexity index is 1150. The van der Waals surface area contributed by atoms with Crippen molar-refractivity contribution in [2.45, 2.75) is 102 Å². The van der Waals surface area contributed by atoms with Crippen molar-refractivity contribution in [3.63, 3.8) is 0 Å². The van der Waals surface area contributed by atoms with Crippen LogP contribution in [0.15, 0.2) is 4.99 Å². The van der Waals surface area contributed by atoms with E-state index in [-0.39, 0.29) is 31.8 Å². The highest BCUT2D eigenvalue weighted by Gasteiger charge is 2.33. The largest absolute Gasteiger partial charge is 0.480 e. The molecule has 0 radical (unpaired) electrons. The Hall–Kier alpha value is -4.56. The number of nitrogens with one attached hydrogen (secondary N) is 6. The molecule has 0 aromatic rings. The quantitative estimate of drug-likeness (QED) is 0.0256. The summed E-state index contributed by atoms with van der Waals surface area (Å²) >= 11 is 0. The normalized spacial score (nSPS) is 15.1. The summed E-state index contributed by atoms with van der Waals surface area (Å²) in [6.45, 7) is 5.12. The summed E-state index contributed by atoms with van der Waals surface area (Å²) in [5.74, 6) is -6.56. The van der Waals surface area contributed by atoms with Crippen molar-refractivity contribution >= 4 is 47.4 Å². The molecule has 280 valence electrons. The summed E-state index contributed by atoms with van der Waals surface area (Å²) in [5, 5.41) is 33.5. The lowest BCUT2D eigenvalue weighted by molar-refractivity contribution is -0.139. The van der Waals surface area contributed by atoms with Crippen LogP contribution in [0.5, 0.6) is 0 Å². The van der Waals surface area contributed by atoms with Gasteiger partial charge < -0.3 is 65.0 Å². The van der Waals surface area contributed by atoms with Crippen molar-refractivity contribution in [3.05, 3.63) is 0 Å². The lowest BCUT2D eigenvalue weighted by Gasteiger charge is -2.28. The van der Waals surface area contributed by atoms with E-state index in [1.165, 1.54) is 13.8 Å². The second-order valence-electron chi connectivity index (χ2n) is 11.6. The monoisotopic (exact) mass is 701 g/mol. The van der Waals surface area contributed by atoms with Gasteiger partial charge in [-0.15, -0.1) is 0 Å². The van der Waals surface area contributed by atoms with E-state index in [1.807, 2.05) is 0 Å². The van der Waals surface area contributed by atoms with Crippen LogP contribution in [0.25, 0.3) is 0 Å². The van der Waals surface area contributed by atoms with Crippen molar-refractivity contribution in [1.29, 1.82) is 0 Å². The van der Waals surface area contributed by atoms with Crippen molar-refractivity contribution in [3.8, 4) is 0 Å². The Labute approximate surface area is 285 Å². The summed E-state index contributed by atoms with van der Waals surface area (Å²) in [4.78, 5) is 92.2. The number of carbonyl (C=O) groups is 7. The highest BCUT2D eigenvalue weighted by molar-refractivity contribution is 5.96. The highest BCUT2D eigenvalue weighted by Crippen LogP contribution is 2.11. The summed E-state index contributed by atoms with van der Waals surface area (Å²) in [6.07, 6.45) is 1.75. The summed E-state index contributed by atoms with van der Waals surface area (Å²) in [5.41, 5.74) is 21.8. The Morgan fingerprint density at radius 1 is 0.714 bits per heavy atom. The number of aliphatic hydroxyl groups excluding tert-OH is 1. The van der Waals surface area contributed by atoms with Crippen LogP contribution >= 0.6 is 0 Å². The first-order chi connectivity index (χ1) is 23.0. The Kier molecular flexibility index (Phi) is 21.5. The summed E-state index contributed by atoms with van der Waals surface area (Å²) in [7, 11) is 0. The molecule has 0 fully saturated rings. The van der Waals surface area contributed by atoms with Crippen LogP contribution in [-0.4, -0.2) is 120 Å². The van der Waals surface area contributed by atoms with E-state index >= 15 is 0 Å². The van der Waals surface area contributed by atoms with Crippen LogP contribution < -0.4 is 54.8 Å². The molecule has 0 aromatic carbocycles. The Morgan fingerprint density at radius 2 is 1.27 bits per heavy atom. The number of carbonyl (C=O) groups excluding carboxylic acids is 6. The first kappa shape index (κ1) is 44.4. The highest BCUT2D eigenvalue weighted by atomic mass is 16.4. The van der Waals surface area contributed by atoms with Gasteiger partial charge in [0.25, 0.3) is 0 Å². The molecule has 7 atom stereocenters. The second kappa shape index (κ2) is 23.7. The van der Waals surface area contributed by atoms with Gasteiger partial charge in [-0.05, 0) is 58.4 Å². The van der Waals surface area contributed by atoms with Gasteiger partial charge in [-0.3, -0.25) is 38.6 Å². The number of rotatable bonds is 24. The van der Waals surface area contributed by atoms with Gasteiger partial charge in [0, 0.05) is 6.54 Å². The first-order valence-corrected chi connectivity index (χ1v) is 16.1. The van der Waals surface area contributed by atoms with Crippen molar-refractivity contribution < 1.29 is 43.8 Å². The standard InChI is InChI=1S/C29H55N11O9/c1-5-15(2)22(28(49)38-18(9-6-7-11-30)25(46)35-13-21(42)43)40-27(48)20(14-41)39-26(47)19(10-8-12-34-29(32)33)37-24(45)17(4)36-23(44)16(3)31/h15-20,22,41H,5-14,30-31H2,1-4H3,(H,35,46)(H,36,44)(H,37,45)(H,38,49)(H,39,47)(H,40,48)(H,42,43)(H4,32,33,34)/t15-,16-,17-,18-,19-,20-,22-/m0/s1. The zero-order valence-corrected chi connectivity index (χ0v) is 28.6. The molecular formula is C29H55N11O9. The van der Waals surface area contributed by atoms with Crippen molar-refractivity contribution in [1.82, 2.24) is 31.9 Å². The molecule has 0 aliphatic rings. The predicted molar refractivity (Wildman–Crippen MR) is 179 cm³/mol. The number of aliphatic carboxylic acids is 1. The van der Waals surface area contributed by atoms with E-state index in [4.69, 9.17) is 28.0 Å². The minimum Gasteiger partial charge on any atom is -0.480 e. The van der Waals surface area contributed by atoms with Crippen LogP contribution in [0.1, 0.15) is 66.2 Å². The number of guanidine groups is 1. The number of amides is 6. The fourth-order valence-corrected chi connectivity index (χ4v) is 4.21. The van der Waals surface area contributed by atoms with Gasteiger partial charge in [-0.25, -0.2) is 0 Å². The molecule has 0 rings (SSSR count). The minimum atomic E-state index is -1.57. The van der Waals surface area contributed by atoms with Gasteiger partial charge in [0.05, 0.1) is 12.6 Å². The lowest BCUT2D eigenvalue weighted by atomic mass is 9.97. The molecule has 0 unspecified atom stereocenters. The number of nitrogens with two attached hydrogens (primary N) is 4. The van der Waals surface area contributed by atoms with Gasteiger partial charge in [-0.1, -0.05) is 20.3 Å². The maximum atomic E-state index is 13.4. The maximum Gasteiger partial charge on any atom is 0.322 e. The number of hydrogen-bond acceptors (Lipinski definition) is 11. The van der Waals surface area contributed by atoms with E-state index in [2.05, 4.69) is 36.9 Å². The van der Waals surface area contributed by atoms with E-state index in [0.29, 0.717) is 25.8 Å². The molecule has 0 aliphatic carbocycles. The van der Waals surface area contributed by atoms with E-state index in [9.17, 15) is 38.7 Å². The molecule has 20 heteroatoms. The number of hydrogen-bond donors (Lipinski definition) is 12. The van der Waals surface area contributed by atoms with Gasteiger partial charge in [0.2, 0.25) is 35.4 Å². The van der Waals surface area contributed by atoms with Crippen LogP contribution in [0, 0.1) is 5.92 Å². The molecule has 0 saturated heterocycles. The lowest BCUT2D eigenvalue weighted by Crippen LogP contribution is -2.61. The maximum absolute atomic E-state index is 13.4. The summed E-state index contributed by atoms with van der Waals surface area (Å²) in [6, 6.07) is -7.15. The molecule has 0 aromatic heterocycles. The molecule has 0 bridgehead atoms. The molecule has 0 saturated carbocycles. The van der Waals surface area contributed by atoms with E-state index < -0.39 is 96.7 Å². The molecule has 49 heavy (non-hydrogen) atoms. The second-order valence-corrected chi connectivity index (χ2v) is 11.6. The Morgan fingerprint density at radius 3 is 1.80 bits per heavy atom. The zero-order valence-electron chi connectivity index (χ0n) is 28.6. The van der Waals surface area contributed by atoms with Crippen LogP contribution in [0.2, 0.25) is 0 Å². The third kappa shape index (κ3) is 18.0. The van der Waals surface area contributed by atoms with Crippen LogP contribution in [-0.2, 0) is 33.6 Å². The average Bonchev–Trinajstić information content (AvgIpc) is 3.04. The van der Waals surface area contributed by atoms with Gasteiger partial charge in [0.1, 0.15) is 36.8 Å². The number of aliphatic hydroxyl groups is 1. The summed E-state index contributed by atoms with van der Waals surface area (Å²) < 4.78 is 0. The molecule has 0 aliphatic heterocycles. The Balaban J connectivity index is 5.92. The number of carboxylic acids is 1. The molecule has 20 nitrogen and oxygen atoms in total. The smallest absolute Gasteiger partial charge is 0.322 e. The first-order valence-electron chi connectivity index (χ1n) is 16.1. The molecule has 6 amide bonds. The third-order valence-electron chi connectivity index (χ3n) is 7.35. The predicted octanol–water partition coefficient (Wildman–Crippen LogP) is -4.80. The number of nitrogens with zero attached hydrogens (tertiary/aromatic N) is 1. The zero-order chi connectivity index (χ0) is 37.7. The number of carboxylic acid groups (broad SMARTS) is 1. The topological polar surface area (TPSA) is 349 Å². The van der Waals surface area contributed by atoms with Gasteiger partial charge >= 0.3 is 5.97 Å². The van der Waals surface area contributed by atoms with Gasteiger partial charge in [-0.2, -0.15) is 0 Å². The third-order valence-corrected chi connectivity index (χ3v) is 7.35. The molecule has 0 spiro atoms. The van der Waals surface area contributed by atoms with Crippen molar-refractivity contribution in [2.75, 3.05) is 26.2 Å². The van der Waals surface area contributed by atoms with E-state index in [0.717, 1.165) is 0 Å². The average molecular weight is 702 g/mol. The molecule has 0 heterocycles. The van der Waals surface area contributed by atoms with Crippen molar-refractivity contribution in [2.24, 2.45) is 33.8 Å². The number of aliphatic imine (C=N–C) groups is 1. The molecule has 16 N–H and O–H groups in total. The van der Waals surface area contributed by atoms with E-state index in [1.54, 1.807) is 13.8 Å². The minimum absolute atomic E-state index is 0.00450. The van der Waals surface area contributed by atoms with Crippen LogP contribution in [0.3, 0.4) is 0 Å². The SMILES string of the molecule is CC[C@H](C)[C@H](NC(=O)[C@H](CO)NC(=O)[C@H](CCCN=C(N)N)NC(=O)[C@H](C)NC(=O)[C@H](C)N)C(=O)N[C@@H](CCCCN)C(=O)NCC(=O)O. The molecular weight excluding hydrogens is 646 g/mol. The number of unbranched alkanes of at least 4 members (excludes halogenated alkanes) is 1.